The van der Waals surface area contributed by atoms with Gasteiger partial charge in [0.1, 0.15) is 5.69 Å². The summed E-state index contributed by atoms with van der Waals surface area (Å²) >= 11 is 6.10. The normalized spacial score (nSPS) is 14.7. The average Bonchev–Trinajstić information content (AvgIpc) is 3.11. The third kappa shape index (κ3) is 3.11. The van der Waals surface area contributed by atoms with Crippen molar-refractivity contribution in [3.8, 4) is 5.69 Å². The highest BCUT2D eigenvalue weighted by Gasteiger charge is 2.27. The maximum absolute atomic E-state index is 12.9. The van der Waals surface area contributed by atoms with Gasteiger partial charge < -0.3 is 0 Å². The molecule has 1 aliphatic rings. The van der Waals surface area contributed by atoms with Crippen molar-refractivity contribution in [1.82, 2.24) is 34.5 Å². The van der Waals surface area contributed by atoms with E-state index in [1.165, 1.54) is 10.9 Å². The summed E-state index contributed by atoms with van der Waals surface area (Å²) in [6.45, 7) is 3.81. The summed E-state index contributed by atoms with van der Waals surface area (Å²) in [7, 11) is 1.64. The van der Waals surface area contributed by atoms with E-state index in [1.807, 2.05) is 13.8 Å². The van der Waals surface area contributed by atoms with Crippen LogP contribution in [0.5, 0.6) is 0 Å². The summed E-state index contributed by atoms with van der Waals surface area (Å²) in [6, 6.07) is -0.615. The molecule has 0 saturated heterocycles. The molecule has 10 heteroatoms. The third-order valence-electron chi connectivity index (χ3n) is 4.14. The molecule has 134 valence electrons. The van der Waals surface area contributed by atoms with Gasteiger partial charge in [-0.1, -0.05) is 17.7 Å². The Labute approximate surface area is 149 Å². The number of halogens is 1. The predicted molar refractivity (Wildman–Crippen MR) is 91.7 cm³/mol. The Morgan fingerprint density at radius 2 is 2.08 bits per heavy atom. The molecule has 25 heavy (non-hydrogen) atoms. The number of hydrogen-bond acceptors (Lipinski definition) is 5. The Bertz CT molecular complexity index is 877. The number of tetrazole rings is 1. The first-order valence-electron chi connectivity index (χ1n) is 8.17. The van der Waals surface area contributed by atoms with Crippen LogP contribution in [0.1, 0.15) is 39.5 Å². The van der Waals surface area contributed by atoms with Crippen LogP contribution in [-0.2, 0) is 7.05 Å². The van der Waals surface area contributed by atoms with Crippen LogP contribution in [0.4, 0.5) is 4.79 Å². The maximum Gasteiger partial charge on any atom is 0.377 e. The molecule has 0 saturated carbocycles. The molecule has 1 amide bonds. The Morgan fingerprint density at radius 1 is 1.32 bits per heavy atom. The van der Waals surface area contributed by atoms with Gasteiger partial charge in [-0.2, -0.15) is 9.78 Å². The van der Waals surface area contributed by atoms with Crippen molar-refractivity contribution >= 4 is 17.6 Å². The van der Waals surface area contributed by atoms with Gasteiger partial charge >= 0.3 is 11.7 Å². The molecular formula is C15H20ClN7O2. The first kappa shape index (κ1) is 17.4. The highest BCUT2D eigenvalue weighted by molar-refractivity contribution is 6.31. The quantitative estimate of drug-likeness (QED) is 0.775. The number of carbonyl (C=O) groups excluding carboxylic acids is 1. The smallest absolute Gasteiger partial charge is 0.294 e. The highest BCUT2D eigenvalue weighted by atomic mass is 35.5. The summed E-state index contributed by atoms with van der Waals surface area (Å²) < 4.78 is 3.14. The van der Waals surface area contributed by atoms with Gasteiger partial charge in [-0.05, 0) is 50.0 Å². The van der Waals surface area contributed by atoms with Crippen LogP contribution < -0.4 is 5.69 Å². The number of hydrogen-bond donors (Lipinski definition) is 0. The summed E-state index contributed by atoms with van der Waals surface area (Å²) in [6.07, 6.45) is 7.32. The van der Waals surface area contributed by atoms with E-state index in [2.05, 4.69) is 21.6 Å². The molecule has 0 unspecified atom stereocenters. The lowest BCUT2D eigenvalue weighted by molar-refractivity contribution is 0.194. The first-order chi connectivity index (χ1) is 11.9. The zero-order chi connectivity index (χ0) is 18.1. The number of nitrogens with zero attached hydrogens (tertiary/aromatic N) is 7. The molecule has 0 bridgehead atoms. The van der Waals surface area contributed by atoms with Crippen molar-refractivity contribution in [1.29, 1.82) is 0 Å². The van der Waals surface area contributed by atoms with Crippen LogP contribution in [0.25, 0.3) is 5.69 Å². The van der Waals surface area contributed by atoms with Crippen LogP contribution >= 0.6 is 11.6 Å². The summed E-state index contributed by atoms with van der Waals surface area (Å²) in [5.74, 6) is 0. The van der Waals surface area contributed by atoms with Crippen LogP contribution in [0.2, 0.25) is 5.15 Å². The van der Waals surface area contributed by atoms with Crippen molar-refractivity contribution in [2.75, 3.05) is 0 Å². The first-order valence-corrected chi connectivity index (χ1v) is 8.55. The Hall–Kier alpha value is -2.42. The van der Waals surface area contributed by atoms with E-state index in [1.54, 1.807) is 11.9 Å². The standard InChI is InChI=1S/C15H20ClN7O2/c1-10(2)21(11-7-5-4-6-8-11)14(24)23-15(25)22(18-19-23)12-9-17-20(3)13(12)16/h7,9-10H,4-6,8H2,1-3H3. The number of aromatic nitrogens is 6. The van der Waals surface area contributed by atoms with E-state index in [4.69, 9.17) is 11.6 Å². The van der Waals surface area contributed by atoms with Crippen LogP contribution in [-0.4, -0.2) is 46.5 Å². The average molecular weight is 366 g/mol. The molecular weight excluding hydrogens is 346 g/mol. The van der Waals surface area contributed by atoms with Crippen molar-refractivity contribution in [2.45, 2.75) is 45.6 Å². The summed E-state index contributed by atoms with van der Waals surface area (Å²) in [5, 5.41) is 11.7. The number of allylic oxidation sites excluding steroid dienone is 2. The second kappa shape index (κ2) is 6.83. The van der Waals surface area contributed by atoms with E-state index in [0.717, 1.165) is 40.7 Å². The molecule has 0 radical (unpaired) electrons. The molecule has 1 aliphatic carbocycles. The van der Waals surface area contributed by atoms with E-state index in [-0.39, 0.29) is 16.9 Å². The Balaban J connectivity index is 1.98. The lowest BCUT2D eigenvalue weighted by Crippen LogP contribution is -2.44. The minimum absolute atomic E-state index is 0.101. The van der Waals surface area contributed by atoms with E-state index in [9.17, 15) is 9.59 Å². The van der Waals surface area contributed by atoms with Gasteiger partial charge in [0.2, 0.25) is 0 Å². The Kier molecular flexibility index (Phi) is 4.76. The molecule has 0 aromatic carbocycles. The predicted octanol–water partition coefficient (Wildman–Crippen LogP) is 1.95. The van der Waals surface area contributed by atoms with Gasteiger partial charge in [0.25, 0.3) is 0 Å². The zero-order valence-corrected chi connectivity index (χ0v) is 15.1. The lowest BCUT2D eigenvalue weighted by Gasteiger charge is -2.30. The molecule has 9 nitrogen and oxygen atoms in total. The minimum Gasteiger partial charge on any atom is -0.294 e. The highest BCUT2D eigenvalue weighted by Crippen LogP contribution is 2.23. The fourth-order valence-corrected chi connectivity index (χ4v) is 3.06. The van der Waals surface area contributed by atoms with Gasteiger partial charge in [0, 0.05) is 18.8 Å². The summed E-state index contributed by atoms with van der Waals surface area (Å²) in [4.78, 5) is 27.1. The SMILES string of the molecule is CC(C)N(C(=O)n1nnn(-c2cnn(C)c2Cl)c1=O)C1=CCCCC1. The molecule has 2 aromatic heterocycles. The van der Waals surface area contributed by atoms with Gasteiger partial charge in [-0.3, -0.25) is 9.58 Å². The molecule has 2 aromatic rings. The van der Waals surface area contributed by atoms with Gasteiger partial charge in [0.15, 0.2) is 5.15 Å². The van der Waals surface area contributed by atoms with Crippen LogP contribution in [0, 0.1) is 0 Å². The second-order valence-corrected chi connectivity index (χ2v) is 6.57. The number of rotatable bonds is 3. The van der Waals surface area contributed by atoms with E-state index >= 15 is 0 Å². The molecule has 0 atom stereocenters. The topological polar surface area (TPSA) is 90.8 Å². The monoisotopic (exact) mass is 365 g/mol. The molecule has 0 spiro atoms. The fraction of sp³-hybridized carbons (Fsp3) is 0.533. The lowest BCUT2D eigenvalue weighted by atomic mass is 10.0. The van der Waals surface area contributed by atoms with Gasteiger partial charge in [-0.15, -0.1) is 4.68 Å². The van der Waals surface area contributed by atoms with Crippen LogP contribution in [0.3, 0.4) is 0 Å². The number of aryl methyl sites for hydroxylation is 1. The second-order valence-electron chi connectivity index (χ2n) is 6.22. The number of carbonyl (C=O) groups is 1. The largest absolute Gasteiger partial charge is 0.377 e. The summed E-state index contributed by atoms with van der Waals surface area (Å²) in [5.41, 5.74) is 0.523. The molecule has 0 aliphatic heterocycles. The van der Waals surface area contributed by atoms with Gasteiger partial charge in [-0.25, -0.2) is 9.59 Å². The van der Waals surface area contributed by atoms with Crippen molar-refractivity contribution in [3.63, 3.8) is 0 Å². The van der Waals surface area contributed by atoms with Gasteiger partial charge in [0.05, 0.1) is 6.20 Å². The van der Waals surface area contributed by atoms with Crippen LogP contribution in [0.15, 0.2) is 22.8 Å². The third-order valence-corrected chi connectivity index (χ3v) is 4.58. The zero-order valence-electron chi connectivity index (χ0n) is 14.4. The Morgan fingerprint density at radius 3 is 2.64 bits per heavy atom. The van der Waals surface area contributed by atoms with E-state index < -0.39 is 11.7 Å². The molecule has 0 fully saturated rings. The minimum atomic E-state index is -0.679. The molecule has 0 N–H and O–H groups in total. The van der Waals surface area contributed by atoms with Crippen molar-refractivity contribution < 1.29 is 4.79 Å². The van der Waals surface area contributed by atoms with Crippen molar-refractivity contribution in [2.24, 2.45) is 7.05 Å². The maximum atomic E-state index is 12.9. The molecule has 3 rings (SSSR count). The fourth-order valence-electron chi connectivity index (χ4n) is 2.89. The van der Waals surface area contributed by atoms with E-state index in [0.29, 0.717) is 0 Å². The van der Waals surface area contributed by atoms with Crippen molar-refractivity contribution in [3.05, 3.63) is 33.6 Å². The number of amides is 1. The molecule has 2 heterocycles.